The van der Waals surface area contributed by atoms with Gasteiger partial charge in [0.25, 0.3) is 0 Å². The number of hydrogen-bond acceptors (Lipinski definition) is 3. The Labute approximate surface area is 76.0 Å². The molecule has 0 N–H and O–H groups in total. The second-order valence-corrected chi connectivity index (χ2v) is 3.35. The van der Waals surface area contributed by atoms with E-state index in [4.69, 9.17) is 16.9 Å². The molecule has 3 nitrogen and oxygen atoms in total. The van der Waals surface area contributed by atoms with Gasteiger partial charge in [-0.05, 0) is 19.9 Å². The Morgan fingerprint density at radius 1 is 1.50 bits per heavy atom. The Bertz CT molecular complexity index is 327. The van der Waals surface area contributed by atoms with E-state index in [1.807, 2.05) is 0 Å². The highest BCUT2D eigenvalue weighted by Crippen LogP contribution is 2.20. The van der Waals surface area contributed by atoms with Gasteiger partial charge in [0.15, 0.2) is 0 Å². The van der Waals surface area contributed by atoms with E-state index >= 15 is 0 Å². The summed E-state index contributed by atoms with van der Waals surface area (Å²) in [5.74, 6) is 0. The summed E-state index contributed by atoms with van der Waals surface area (Å²) < 4.78 is 0. The van der Waals surface area contributed by atoms with Crippen molar-refractivity contribution in [2.45, 2.75) is 19.3 Å². The molecule has 0 amide bonds. The lowest BCUT2D eigenvalue weighted by Gasteiger charge is -2.13. The van der Waals surface area contributed by atoms with Crippen LogP contribution in [0.25, 0.3) is 0 Å². The third-order valence-corrected chi connectivity index (χ3v) is 1.76. The maximum absolute atomic E-state index is 8.78. The van der Waals surface area contributed by atoms with Gasteiger partial charge in [0.2, 0.25) is 0 Å². The summed E-state index contributed by atoms with van der Waals surface area (Å²) in [7, 11) is 0. The van der Waals surface area contributed by atoms with Crippen molar-refractivity contribution < 1.29 is 0 Å². The first-order valence-electron chi connectivity index (χ1n) is 3.45. The lowest BCUT2D eigenvalue weighted by molar-refractivity contribution is 0.656. The predicted molar refractivity (Wildman–Crippen MR) is 45.7 cm³/mol. The Morgan fingerprint density at radius 3 is 2.67 bits per heavy atom. The third-order valence-electron chi connectivity index (χ3n) is 1.55. The summed E-state index contributed by atoms with van der Waals surface area (Å²) in [6.07, 6.45) is 1.36. The molecule has 0 aliphatic heterocycles. The predicted octanol–water partition coefficient (Wildman–Crippen LogP) is 1.93. The summed E-state index contributed by atoms with van der Waals surface area (Å²) in [5, 5.41) is 9.15. The Morgan fingerprint density at radius 2 is 2.17 bits per heavy atom. The van der Waals surface area contributed by atoms with Crippen molar-refractivity contribution in [1.29, 1.82) is 5.26 Å². The fourth-order valence-electron chi connectivity index (χ4n) is 0.733. The summed E-state index contributed by atoms with van der Waals surface area (Å²) >= 11 is 5.65. The second-order valence-electron chi connectivity index (χ2n) is 2.96. The van der Waals surface area contributed by atoms with Gasteiger partial charge in [0, 0.05) is 0 Å². The summed E-state index contributed by atoms with van der Waals surface area (Å²) in [5.41, 5.74) is 0.0389. The highest BCUT2D eigenvalue weighted by atomic mass is 35.5. The molecule has 12 heavy (non-hydrogen) atoms. The quantitative estimate of drug-likeness (QED) is 0.622. The number of rotatable bonds is 1. The van der Waals surface area contributed by atoms with Crippen molar-refractivity contribution in [3.05, 3.63) is 23.2 Å². The summed E-state index contributed by atoms with van der Waals surface area (Å²) in [6, 6.07) is 3.74. The molecule has 1 aromatic rings. The van der Waals surface area contributed by atoms with Gasteiger partial charge in [-0.3, -0.25) is 0 Å². The molecule has 1 aromatic heterocycles. The van der Waals surface area contributed by atoms with Crippen LogP contribution in [-0.2, 0) is 5.41 Å². The van der Waals surface area contributed by atoms with Crippen molar-refractivity contribution >= 4 is 11.6 Å². The van der Waals surface area contributed by atoms with E-state index in [0.29, 0.717) is 10.8 Å². The average molecular weight is 182 g/mol. The molecule has 1 heterocycles. The molecule has 0 unspecified atom stereocenters. The highest BCUT2D eigenvalue weighted by molar-refractivity contribution is 6.29. The zero-order valence-electron chi connectivity index (χ0n) is 6.87. The molecule has 0 saturated carbocycles. The van der Waals surface area contributed by atoms with Crippen molar-refractivity contribution in [2.24, 2.45) is 0 Å². The van der Waals surface area contributed by atoms with Gasteiger partial charge in [-0.15, -0.1) is 0 Å². The van der Waals surface area contributed by atoms with E-state index in [1.54, 1.807) is 19.9 Å². The van der Waals surface area contributed by atoms with E-state index < -0.39 is 5.41 Å². The lowest BCUT2D eigenvalue weighted by atomic mass is 9.91. The molecular weight excluding hydrogens is 174 g/mol. The molecule has 4 heteroatoms. The smallest absolute Gasteiger partial charge is 0.132 e. The van der Waals surface area contributed by atoms with Crippen LogP contribution in [0, 0.1) is 11.3 Å². The molecule has 0 bridgehead atoms. The zero-order valence-corrected chi connectivity index (χ0v) is 7.63. The van der Waals surface area contributed by atoms with Crippen LogP contribution in [0.4, 0.5) is 0 Å². The normalized spacial score (nSPS) is 10.8. The molecule has 0 aromatic carbocycles. The zero-order chi connectivity index (χ0) is 9.19. The van der Waals surface area contributed by atoms with Crippen LogP contribution in [-0.4, -0.2) is 9.97 Å². The standard InChI is InChI=1S/C8H8ClN3/c1-8(2,4-10)6-3-7(9)12-5-11-6/h3,5H,1-2H3. The van der Waals surface area contributed by atoms with Crippen LogP contribution < -0.4 is 0 Å². The van der Waals surface area contributed by atoms with Crippen LogP contribution in [0.3, 0.4) is 0 Å². The second kappa shape index (κ2) is 3.08. The fourth-order valence-corrected chi connectivity index (χ4v) is 0.880. The molecular formula is C8H8ClN3. The minimum absolute atomic E-state index is 0.364. The molecule has 0 aliphatic rings. The largest absolute Gasteiger partial charge is 0.240 e. The fraction of sp³-hybridized carbons (Fsp3) is 0.375. The van der Waals surface area contributed by atoms with Gasteiger partial charge in [-0.25, -0.2) is 9.97 Å². The Hall–Kier alpha value is -1.14. The van der Waals surface area contributed by atoms with E-state index in [2.05, 4.69) is 16.0 Å². The van der Waals surface area contributed by atoms with Gasteiger partial charge >= 0.3 is 0 Å². The van der Waals surface area contributed by atoms with Crippen molar-refractivity contribution in [3.8, 4) is 6.07 Å². The van der Waals surface area contributed by atoms with Gasteiger partial charge in [0.05, 0.1) is 17.2 Å². The topological polar surface area (TPSA) is 49.6 Å². The average Bonchev–Trinajstić information content (AvgIpc) is 2.05. The lowest BCUT2D eigenvalue weighted by Crippen LogP contribution is -2.15. The minimum atomic E-state index is -0.605. The monoisotopic (exact) mass is 181 g/mol. The minimum Gasteiger partial charge on any atom is -0.240 e. The Balaban J connectivity index is 3.14. The van der Waals surface area contributed by atoms with E-state index in [-0.39, 0.29) is 0 Å². The first-order chi connectivity index (χ1) is 5.56. The maximum Gasteiger partial charge on any atom is 0.132 e. The number of aromatic nitrogens is 2. The first kappa shape index (κ1) is 8.95. The van der Waals surface area contributed by atoms with Crippen LogP contribution in [0.5, 0.6) is 0 Å². The molecule has 0 radical (unpaired) electrons. The van der Waals surface area contributed by atoms with Gasteiger partial charge < -0.3 is 0 Å². The summed E-state index contributed by atoms with van der Waals surface area (Å²) in [6.45, 7) is 3.57. The summed E-state index contributed by atoms with van der Waals surface area (Å²) in [4.78, 5) is 7.70. The van der Waals surface area contributed by atoms with Crippen LogP contribution in [0.15, 0.2) is 12.4 Å². The number of nitriles is 1. The van der Waals surface area contributed by atoms with Gasteiger partial charge in [0.1, 0.15) is 11.5 Å². The number of nitrogens with zero attached hydrogens (tertiary/aromatic N) is 3. The molecule has 0 aliphatic carbocycles. The SMILES string of the molecule is CC(C)(C#N)c1cc(Cl)ncn1. The molecule has 0 atom stereocenters. The number of halogens is 1. The van der Waals surface area contributed by atoms with Crippen molar-refractivity contribution in [2.75, 3.05) is 0 Å². The van der Waals surface area contributed by atoms with Crippen LogP contribution in [0.2, 0.25) is 5.15 Å². The van der Waals surface area contributed by atoms with E-state index in [0.717, 1.165) is 0 Å². The van der Waals surface area contributed by atoms with E-state index in [9.17, 15) is 0 Å². The molecule has 62 valence electrons. The van der Waals surface area contributed by atoms with Gasteiger partial charge in [-0.1, -0.05) is 11.6 Å². The number of hydrogen-bond donors (Lipinski definition) is 0. The molecule has 0 fully saturated rings. The maximum atomic E-state index is 8.78. The third kappa shape index (κ3) is 1.72. The van der Waals surface area contributed by atoms with Crippen molar-refractivity contribution in [3.63, 3.8) is 0 Å². The van der Waals surface area contributed by atoms with Gasteiger partial charge in [-0.2, -0.15) is 5.26 Å². The van der Waals surface area contributed by atoms with Crippen LogP contribution in [0.1, 0.15) is 19.5 Å². The molecule has 0 saturated heterocycles. The first-order valence-corrected chi connectivity index (χ1v) is 3.83. The van der Waals surface area contributed by atoms with Crippen molar-refractivity contribution in [1.82, 2.24) is 9.97 Å². The Kier molecular flexibility index (Phi) is 2.30. The van der Waals surface area contributed by atoms with Crippen LogP contribution >= 0.6 is 11.6 Å². The highest BCUT2D eigenvalue weighted by Gasteiger charge is 2.21. The van der Waals surface area contributed by atoms with E-state index in [1.165, 1.54) is 6.33 Å². The molecule has 0 spiro atoms. The molecule has 1 rings (SSSR count).